The van der Waals surface area contributed by atoms with Crippen molar-refractivity contribution in [1.29, 1.82) is 0 Å². The molecule has 0 aromatic heterocycles. The number of nitrogens with one attached hydrogen (secondary N) is 1. The second-order valence-electron chi connectivity index (χ2n) is 9.12. The molecule has 0 aliphatic carbocycles. The van der Waals surface area contributed by atoms with E-state index in [1.807, 2.05) is 24.3 Å². The number of halogens is 3. The number of aliphatic hydroxyl groups is 1. The van der Waals surface area contributed by atoms with Crippen molar-refractivity contribution in [3.63, 3.8) is 0 Å². The third-order valence-electron chi connectivity index (χ3n) is 6.28. The molecule has 1 aliphatic heterocycles. The van der Waals surface area contributed by atoms with Gasteiger partial charge in [0.2, 0.25) is 5.90 Å². The Morgan fingerprint density at radius 2 is 1.82 bits per heavy atom. The highest BCUT2D eigenvalue weighted by atomic mass is 79.9. The number of nitrogens with zero attached hydrogens (tertiary/aromatic N) is 1. The molecule has 2 N–H and O–H groups in total. The molecule has 3 aromatic carbocycles. The largest absolute Gasteiger partial charge is 0.494 e. The third kappa shape index (κ3) is 6.91. The number of ether oxygens (including phenoxy) is 2. The molecule has 204 valence electrons. The molecule has 0 unspecified atom stereocenters. The lowest BCUT2D eigenvalue weighted by molar-refractivity contribution is -0.128. The van der Waals surface area contributed by atoms with Crippen molar-refractivity contribution in [2.75, 3.05) is 19.8 Å². The first-order valence-electron chi connectivity index (χ1n) is 12.5. The van der Waals surface area contributed by atoms with E-state index in [4.69, 9.17) is 19.6 Å². The Morgan fingerprint density at radius 3 is 2.46 bits per heavy atom. The summed E-state index contributed by atoms with van der Waals surface area (Å²) in [6.45, 7) is 4.45. The minimum absolute atomic E-state index is 0.0484. The SMILES string of the molecule is C=CC[C@@]1(C(=O)NCCc2cc(F)cc(F)c2)N=C(c2ccc(OCCCO)cc2)O[C@@H]1c1ccc(Br)cc1. The van der Waals surface area contributed by atoms with Gasteiger partial charge < -0.3 is 19.9 Å². The molecular formula is C30H29BrF2N2O4. The molecule has 1 amide bonds. The van der Waals surface area contributed by atoms with E-state index in [-0.39, 0.29) is 31.9 Å². The van der Waals surface area contributed by atoms with Gasteiger partial charge in [-0.3, -0.25) is 4.79 Å². The molecular weight excluding hydrogens is 570 g/mol. The van der Waals surface area contributed by atoms with E-state index in [1.54, 1.807) is 30.3 Å². The number of amides is 1. The van der Waals surface area contributed by atoms with Gasteiger partial charge in [-0.15, -0.1) is 6.58 Å². The fourth-order valence-corrected chi connectivity index (χ4v) is 4.67. The zero-order valence-electron chi connectivity index (χ0n) is 21.2. The molecule has 0 fully saturated rings. The van der Waals surface area contributed by atoms with Gasteiger partial charge in [0, 0.05) is 42.1 Å². The fraction of sp³-hybridized carbons (Fsp3) is 0.267. The first-order chi connectivity index (χ1) is 18.8. The normalized spacial score (nSPS) is 18.3. The molecule has 4 rings (SSSR count). The van der Waals surface area contributed by atoms with Crippen LogP contribution >= 0.6 is 15.9 Å². The number of hydrogen-bond acceptors (Lipinski definition) is 5. The molecule has 0 saturated carbocycles. The Bertz CT molecular complexity index is 1310. The molecule has 0 saturated heterocycles. The monoisotopic (exact) mass is 598 g/mol. The molecule has 1 heterocycles. The molecule has 2 atom stereocenters. The van der Waals surface area contributed by atoms with Crippen LogP contribution in [0.5, 0.6) is 5.75 Å². The van der Waals surface area contributed by atoms with E-state index in [0.29, 0.717) is 35.8 Å². The summed E-state index contributed by atoms with van der Waals surface area (Å²) in [5.74, 6) is -0.782. The lowest BCUT2D eigenvalue weighted by atomic mass is 9.84. The Kier molecular flexibility index (Phi) is 9.48. The average Bonchev–Trinajstić information content (AvgIpc) is 3.30. The summed E-state index contributed by atoms with van der Waals surface area (Å²) < 4.78 is 40.0. The summed E-state index contributed by atoms with van der Waals surface area (Å²) in [6.07, 6.45) is 1.84. The van der Waals surface area contributed by atoms with Gasteiger partial charge in [-0.2, -0.15) is 0 Å². The predicted octanol–water partition coefficient (Wildman–Crippen LogP) is 5.68. The van der Waals surface area contributed by atoms with Gasteiger partial charge in [0.05, 0.1) is 6.61 Å². The van der Waals surface area contributed by atoms with Crippen LogP contribution in [0.4, 0.5) is 8.78 Å². The van der Waals surface area contributed by atoms with Crippen molar-refractivity contribution in [2.45, 2.75) is 30.9 Å². The van der Waals surface area contributed by atoms with Crippen molar-refractivity contribution >= 4 is 27.7 Å². The Hall–Kier alpha value is -3.56. The Balaban J connectivity index is 1.61. The number of benzene rings is 3. The quantitative estimate of drug-likeness (QED) is 0.208. The van der Waals surface area contributed by atoms with Gasteiger partial charge >= 0.3 is 0 Å². The van der Waals surface area contributed by atoms with Crippen LogP contribution in [-0.4, -0.2) is 42.2 Å². The van der Waals surface area contributed by atoms with E-state index in [2.05, 4.69) is 27.8 Å². The van der Waals surface area contributed by atoms with Gasteiger partial charge in [-0.05, 0) is 66.1 Å². The molecule has 1 aliphatic rings. The first-order valence-corrected chi connectivity index (χ1v) is 13.3. The highest BCUT2D eigenvalue weighted by Gasteiger charge is 2.52. The van der Waals surface area contributed by atoms with Crippen LogP contribution in [0.25, 0.3) is 0 Å². The summed E-state index contributed by atoms with van der Waals surface area (Å²) in [5.41, 5.74) is 0.503. The predicted molar refractivity (Wildman–Crippen MR) is 149 cm³/mol. The van der Waals surface area contributed by atoms with E-state index in [1.165, 1.54) is 12.1 Å². The number of aliphatic hydroxyl groups excluding tert-OH is 1. The standard InChI is InChI=1S/C30H29BrF2N2O4/c1-2-13-30(29(37)34-14-12-20-17-24(32)19-25(33)18-20)27(21-4-8-23(31)9-5-21)39-28(35-30)22-6-10-26(11-7-22)38-16-3-15-36/h2,4-11,17-19,27,36H,1,3,12-16H2,(H,34,37)/t27-,30-/m1/s1. The van der Waals surface area contributed by atoms with Crippen LogP contribution in [0.3, 0.4) is 0 Å². The summed E-state index contributed by atoms with van der Waals surface area (Å²) in [6, 6.07) is 17.9. The fourth-order valence-electron chi connectivity index (χ4n) is 4.40. The Labute approximate surface area is 234 Å². The maximum Gasteiger partial charge on any atom is 0.252 e. The van der Waals surface area contributed by atoms with Crippen LogP contribution < -0.4 is 10.1 Å². The molecule has 0 bridgehead atoms. The average molecular weight is 599 g/mol. The lowest BCUT2D eigenvalue weighted by Crippen LogP contribution is -2.48. The summed E-state index contributed by atoms with van der Waals surface area (Å²) in [7, 11) is 0. The second-order valence-corrected chi connectivity index (χ2v) is 10.0. The van der Waals surface area contributed by atoms with Crippen molar-refractivity contribution < 1.29 is 28.2 Å². The molecule has 3 aromatic rings. The van der Waals surface area contributed by atoms with Crippen molar-refractivity contribution in [3.05, 3.63) is 112 Å². The smallest absolute Gasteiger partial charge is 0.252 e. The number of carbonyl (C=O) groups excluding carboxylic acids is 1. The molecule has 39 heavy (non-hydrogen) atoms. The van der Waals surface area contributed by atoms with Gasteiger partial charge in [0.25, 0.3) is 5.91 Å². The van der Waals surface area contributed by atoms with Crippen LogP contribution in [-0.2, 0) is 16.0 Å². The molecule has 0 spiro atoms. The minimum Gasteiger partial charge on any atom is -0.494 e. The van der Waals surface area contributed by atoms with Gasteiger partial charge in [0.15, 0.2) is 11.6 Å². The van der Waals surface area contributed by atoms with E-state index >= 15 is 0 Å². The van der Waals surface area contributed by atoms with E-state index in [0.717, 1.165) is 16.1 Å². The van der Waals surface area contributed by atoms with Crippen molar-refractivity contribution in [3.8, 4) is 5.75 Å². The molecule has 6 nitrogen and oxygen atoms in total. The second kappa shape index (κ2) is 13.0. The highest BCUT2D eigenvalue weighted by Crippen LogP contribution is 2.43. The van der Waals surface area contributed by atoms with Crippen LogP contribution in [0.1, 0.15) is 35.6 Å². The van der Waals surface area contributed by atoms with Gasteiger partial charge in [-0.1, -0.05) is 34.1 Å². The highest BCUT2D eigenvalue weighted by molar-refractivity contribution is 9.10. The zero-order chi connectivity index (χ0) is 27.8. The van der Waals surface area contributed by atoms with Crippen molar-refractivity contribution in [1.82, 2.24) is 5.32 Å². The number of aliphatic imine (C=N–C) groups is 1. The lowest BCUT2D eigenvalue weighted by Gasteiger charge is -2.29. The molecule has 9 heteroatoms. The number of hydrogen-bond donors (Lipinski definition) is 2. The van der Waals surface area contributed by atoms with E-state index in [9.17, 15) is 13.6 Å². The molecule has 0 radical (unpaired) electrons. The van der Waals surface area contributed by atoms with Gasteiger partial charge in [-0.25, -0.2) is 13.8 Å². The van der Waals surface area contributed by atoms with Crippen molar-refractivity contribution in [2.24, 2.45) is 4.99 Å². The van der Waals surface area contributed by atoms with Crippen LogP contribution in [0, 0.1) is 11.6 Å². The third-order valence-corrected chi connectivity index (χ3v) is 6.81. The number of carbonyl (C=O) groups is 1. The van der Waals surface area contributed by atoms with Gasteiger partial charge in [0.1, 0.15) is 17.4 Å². The summed E-state index contributed by atoms with van der Waals surface area (Å²) in [4.78, 5) is 18.6. The topological polar surface area (TPSA) is 80.2 Å². The summed E-state index contributed by atoms with van der Waals surface area (Å²) >= 11 is 3.44. The van der Waals surface area contributed by atoms with Crippen LogP contribution in [0.2, 0.25) is 0 Å². The minimum atomic E-state index is -1.35. The first kappa shape index (κ1) is 28.4. The zero-order valence-corrected chi connectivity index (χ0v) is 22.8. The maximum atomic E-state index is 13.8. The maximum absolute atomic E-state index is 13.8. The van der Waals surface area contributed by atoms with E-state index < -0.39 is 23.3 Å². The Morgan fingerprint density at radius 1 is 1.13 bits per heavy atom. The summed E-state index contributed by atoms with van der Waals surface area (Å²) in [5, 5.41) is 11.8. The van der Waals surface area contributed by atoms with Crippen LogP contribution in [0.15, 0.2) is 88.9 Å². The number of rotatable bonds is 12.